The van der Waals surface area contributed by atoms with Crippen LogP contribution in [0.2, 0.25) is 0 Å². The molecular formula is C11H13N3O3S. The molecule has 1 aromatic heterocycles. The molecule has 2 N–H and O–H groups in total. The Bertz CT molecular complexity index is 495. The van der Waals surface area contributed by atoms with E-state index in [9.17, 15) is 14.9 Å². The minimum Gasteiger partial charge on any atom is -0.348 e. The summed E-state index contributed by atoms with van der Waals surface area (Å²) in [5.74, 6) is -0.257. The van der Waals surface area contributed by atoms with E-state index in [0.29, 0.717) is 11.4 Å². The Kier molecular flexibility index (Phi) is 4.06. The van der Waals surface area contributed by atoms with Crippen molar-refractivity contribution >= 4 is 22.2 Å². The first kappa shape index (κ1) is 12.7. The van der Waals surface area contributed by atoms with Crippen LogP contribution >= 0.6 is 11.3 Å². The Morgan fingerprint density at radius 3 is 3.00 bits per heavy atom. The van der Waals surface area contributed by atoms with Crippen molar-refractivity contribution in [3.63, 3.8) is 0 Å². The Hall–Kier alpha value is -1.73. The van der Waals surface area contributed by atoms with Crippen molar-refractivity contribution in [2.45, 2.75) is 6.42 Å². The minimum absolute atomic E-state index is 0.0127. The standard InChI is InChI=1S/C11H13N3O3S/c15-11(9-1-2-10(18-9)14(16)17)13-7-8-3-5-12-6-4-8/h1-3,12H,4-7H2,(H,13,15). The van der Waals surface area contributed by atoms with E-state index in [0.717, 1.165) is 30.8 Å². The van der Waals surface area contributed by atoms with Crippen molar-refractivity contribution < 1.29 is 9.72 Å². The molecule has 0 radical (unpaired) electrons. The highest BCUT2D eigenvalue weighted by atomic mass is 32.1. The van der Waals surface area contributed by atoms with Crippen LogP contribution in [0.25, 0.3) is 0 Å². The van der Waals surface area contributed by atoms with E-state index in [-0.39, 0.29) is 10.9 Å². The zero-order valence-electron chi connectivity index (χ0n) is 9.64. The zero-order chi connectivity index (χ0) is 13.0. The third-order valence-corrected chi connectivity index (χ3v) is 3.67. The number of rotatable bonds is 4. The van der Waals surface area contributed by atoms with Gasteiger partial charge in [0.25, 0.3) is 5.91 Å². The largest absolute Gasteiger partial charge is 0.348 e. The molecule has 0 bridgehead atoms. The molecule has 7 heteroatoms. The molecule has 2 heterocycles. The van der Waals surface area contributed by atoms with Gasteiger partial charge < -0.3 is 10.6 Å². The van der Waals surface area contributed by atoms with Crippen LogP contribution in [-0.4, -0.2) is 30.5 Å². The van der Waals surface area contributed by atoms with Gasteiger partial charge in [0.1, 0.15) is 0 Å². The molecule has 0 spiro atoms. The van der Waals surface area contributed by atoms with Gasteiger partial charge in [0.2, 0.25) is 0 Å². The lowest BCUT2D eigenvalue weighted by Crippen LogP contribution is -2.29. The van der Waals surface area contributed by atoms with Gasteiger partial charge in [-0.3, -0.25) is 14.9 Å². The van der Waals surface area contributed by atoms with Gasteiger partial charge in [-0.1, -0.05) is 23.0 Å². The molecule has 1 aliphatic rings. The van der Waals surface area contributed by atoms with Gasteiger partial charge in [0.15, 0.2) is 0 Å². The second-order valence-corrected chi connectivity index (χ2v) is 4.96. The Morgan fingerprint density at radius 2 is 2.39 bits per heavy atom. The molecule has 0 aliphatic carbocycles. The SMILES string of the molecule is O=C(NCC1=CCNCC1)c1ccc([N+](=O)[O-])s1. The van der Waals surface area contributed by atoms with E-state index in [2.05, 4.69) is 16.7 Å². The van der Waals surface area contributed by atoms with Crippen LogP contribution in [0.15, 0.2) is 23.8 Å². The van der Waals surface area contributed by atoms with E-state index in [4.69, 9.17) is 0 Å². The van der Waals surface area contributed by atoms with Gasteiger partial charge in [0, 0.05) is 19.2 Å². The maximum absolute atomic E-state index is 11.8. The van der Waals surface area contributed by atoms with Gasteiger partial charge >= 0.3 is 5.00 Å². The number of amides is 1. The summed E-state index contributed by atoms with van der Waals surface area (Å²) < 4.78 is 0. The summed E-state index contributed by atoms with van der Waals surface area (Å²) in [4.78, 5) is 22.1. The Morgan fingerprint density at radius 1 is 1.56 bits per heavy atom. The number of nitro groups is 1. The summed E-state index contributed by atoms with van der Waals surface area (Å²) in [5, 5.41) is 16.5. The lowest BCUT2D eigenvalue weighted by molar-refractivity contribution is -0.380. The molecule has 1 amide bonds. The second kappa shape index (κ2) is 5.74. The summed E-state index contributed by atoms with van der Waals surface area (Å²) in [6.45, 7) is 2.26. The normalized spacial score (nSPS) is 15.0. The van der Waals surface area contributed by atoms with Gasteiger partial charge in [-0.2, -0.15) is 0 Å². The average Bonchev–Trinajstić information content (AvgIpc) is 2.87. The summed E-state index contributed by atoms with van der Waals surface area (Å²) in [7, 11) is 0. The van der Waals surface area contributed by atoms with Gasteiger partial charge in [0.05, 0.1) is 9.80 Å². The third-order valence-electron chi connectivity index (χ3n) is 2.63. The predicted octanol–water partition coefficient (Wildman–Crippen LogP) is 1.31. The smallest absolute Gasteiger partial charge is 0.324 e. The highest BCUT2D eigenvalue weighted by molar-refractivity contribution is 7.17. The average molecular weight is 267 g/mol. The van der Waals surface area contributed by atoms with E-state index < -0.39 is 4.92 Å². The van der Waals surface area contributed by atoms with Crippen LogP contribution in [0.5, 0.6) is 0 Å². The maximum Gasteiger partial charge on any atom is 0.324 e. The van der Waals surface area contributed by atoms with E-state index in [1.165, 1.54) is 17.7 Å². The fourth-order valence-corrected chi connectivity index (χ4v) is 2.40. The molecule has 1 aromatic rings. The van der Waals surface area contributed by atoms with Crippen LogP contribution in [0.3, 0.4) is 0 Å². The van der Waals surface area contributed by atoms with Crippen LogP contribution in [0.1, 0.15) is 16.1 Å². The summed E-state index contributed by atoms with van der Waals surface area (Å²) in [6, 6.07) is 2.83. The van der Waals surface area contributed by atoms with Gasteiger partial charge in [-0.15, -0.1) is 0 Å². The molecule has 96 valence electrons. The van der Waals surface area contributed by atoms with Crippen LogP contribution in [0.4, 0.5) is 5.00 Å². The van der Waals surface area contributed by atoms with Crippen molar-refractivity contribution in [1.29, 1.82) is 0 Å². The molecule has 0 unspecified atom stereocenters. The lowest BCUT2D eigenvalue weighted by Gasteiger charge is -2.14. The molecule has 1 aliphatic heterocycles. The van der Waals surface area contributed by atoms with Crippen LogP contribution < -0.4 is 10.6 Å². The molecule has 0 atom stereocenters. The Labute approximate surface area is 108 Å². The maximum atomic E-state index is 11.8. The van der Waals surface area contributed by atoms with Crippen molar-refractivity contribution in [2.24, 2.45) is 0 Å². The first-order valence-corrected chi connectivity index (χ1v) is 6.39. The van der Waals surface area contributed by atoms with Crippen molar-refractivity contribution in [2.75, 3.05) is 19.6 Å². The summed E-state index contributed by atoms with van der Waals surface area (Å²) in [6.07, 6.45) is 2.98. The minimum atomic E-state index is -0.489. The Balaban J connectivity index is 1.90. The van der Waals surface area contributed by atoms with Crippen molar-refractivity contribution in [3.05, 3.63) is 38.8 Å². The molecule has 0 aromatic carbocycles. The predicted molar refractivity (Wildman–Crippen MR) is 68.9 cm³/mol. The fourth-order valence-electron chi connectivity index (χ4n) is 1.66. The van der Waals surface area contributed by atoms with Gasteiger partial charge in [-0.05, 0) is 19.0 Å². The summed E-state index contributed by atoms with van der Waals surface area (Å²) >= 11 is 0.893. The number of carbonyl (C=O) groups excluding carboxylic acids is 1. The topological polar surface area (TPSA) is 84.3 Å². The number of hydrogen-bond acceptors (Lipinski definition) is 5. The fraction of sp³-hybridized carbons (Fsp3) is 0.364. The van der Waals surface area contributed by atoms with Crippen molar-refractivity contribution in [1.82, 2.24) is 10.6 Å². The van der Waals surface area contributed by atoms with E-state index >= 15 is 0 Å². The number of carbonyl (C=O) groups is 1. The number of hydrogen-bond donors (Lipinski definition) is 2. The molecule has 2 rings (SSSR count). The molecule has 6 nitrogen and oxygen atoms in total. The van der Waals surface area contributed by atoms with Crippen LogP contribution in [-0.2, 0) is 0 Å². The van der Waals surface area contributed by atoms with Gasteiger partial charge in [-0.25, -0.2) is 0 Å². The second-order valence-electron chi connectivity index (χ2n) is 3.89. The zero-order valence-corrected chi connectivity index (χ0v) is 10.5. The lowest BCUT2D eigenvalue weighted by atomic mass is 10.1. The van der Waals surface area contributed by atoms with E-state index in [1.807, 2.05) is 0 Å². The highest BCUT2D eigenvalue weighted by Crippen LogP contribution is 2.23. The van der Waals surface area contributed by atoms with Crippen LogP contribution in [0, 0.1) is 10.1 Å². The first-order chi connectivity index (χ1) is 8.66. The monoisotopic (exact) mass is 267 g/mol. The number of nitrogens with zero attached hydrogens (tertiary/aromatic N) is 1. The number of thiophene rings is 1. The van der Waals surface area contributed by atoms with Crippen molar-refractivity contribution in [3.8, 4) is 0 Å². The molecule has 0 saturated heterocycles. The molecule has 0 saturated carbocycles. The highest BCUT2D eigenvalue weighted by Gasteiger charge is 2.15. The molecule has 18 heavy (non-hydrogen) atoms. The summed E-state index contributed by atoms with van der Waals surface area (Å²) in [5.41, 5.74) is 1.19. The number of nitrogens with one attached hydrogen (secondary N) is 2. The quantitative estimate of drug-likeness (QED) is 0.489. The van der Waals surface area contributed by atoms with E-state index in [1.54, 1.807) is 0 Å². The molecule has 0 fully saturated rings. The third kappa shape index (κ3) is 3.14. The first-order valence-electron chi connectivity index (χ1n) is 5.58. The molecular weight excluding hydrogens is 254 g/mol.